The molecule has 0 aliphatic heterocycles. The summed E-state index contributed by atoms with van der Waals surface area (Å²) in [6, 6.07) is 7.36. The maximum atomic E-state index is 11.6. The zero-order valence-corrected chi connectivity index (χ0v) is 11.0. The van der Waals surface area contributed by atoms with Crippen LogP contribution in [-0.4, -0.2) is 12.6 Å². The standard InChI is InChI=1S/C15H21O3/c1-3-5-6-7-12-17-18-15(16)14-10-8-13(4-2)9-11-14/h8-11H,1,3-7,12H2,2H3. The van der Waals surface area contributed by atoms with Gasteiger partial charge in [-0.15, -0.1) is 0 Å². The third-order valence-corrected chi connectivity index (χ3v) is 2.71. The molecule has 1 aromatic rings. The van der Waals surface area contributed by atoms with Crippen LogP contribution >= 0.6 is 0 Å². The molecule has 18 heavy (non-hydrogen) atoms. The van der Waals surface area contributed by atoms with Gasteiger partial charge in [-0.05, 0) is 30.5 Å². The first kappa shape index (κ1) is 14.7. The molecular weight excluding hydrogens is 228 g/mol. The van der Waals surface area contributed by atoms with Crippen molar-refractivity contribution in [2.75, 3.05) is 6.61 Å². The van der Waals surface area contributed by atoms with Gasteiger partial charge in [0.1, 0.15) is 0 Å². The van der Waals surface area contributed by atoms with E-state index in [1.807, 2.05) is 12.1 Å². The summed E-state index contributed by atoms with van der Waals surface area (Å²) in [5.41, 5.74) is 1.71. The fraction of sp³-hybridized carbons (Fsp3) is 0.467. The van der Waals surface area contributed by atoms with Crippen LogP contribution in [0.1, 0.15) is 48.5 Å². The summed E-state index contributed by atoms with van der Waals surface area (Å²) in [4.78, 5) is 21.2. The summed E-state index contributed by atoms with van der Waals surface area (Å²) in [6.45, 7) is 6.27. The summed E-state index contributed by atoms with van der Waals surface area (Å²) in [6.07, 6.45) is 4.90. The van der Waals surface area contributed by atoms with Gasteiger partial charge in [0.2, 0.25) is 0 Å². The number of aryl methyl sites for hydroxylation is 1. The molecular formula is C15H21O3. The molecule has 0 saturated carbocycles. The number of unbranched alkanes of at least 4 members (excludes halogenated alkanes) is 3. The molecule has 0 spiro atoms. The molecule has 0 fully saturated rings. The van der Waals surface area contributed by atoms with Crippen LogP contribution in [0.25, 0.3) is 0 Å². The first-order valence-corrected chi connectivity index (χ1v) is 6.50. The van der Waals surface area contributed by atoms with Gasteiger partial charge in [-0.25, -0.2) is 4.79 Å². The Morgan fingerprint density at radius 2 is 1.89 bits per heavy atom. The SMILES string of the molecule is [CH2]CCCCCOOC(=O)c1ccc(CC)cc1. The van der Waals surface area contributed by atoms with Gasteiger partial charge in [0.25, 0.3) is 0 Å². The van der Waals surface area contributed by atoms with Gasteiger partial charge >= 0.3 is 5.97 Å². The van der Waals surface area contributed by atoms with E-state index in [0.29, 0.717) is 12.2 Å². The summed E-state index contributed by atoms with van der Waals surface area (Å²) in [5.74, 6) is -0.435. The Balaban J connectivity index is 2.23. The van der Waals surface area contributed by atoms with Gasteiger partial charge in [0, 0.05) is 0 Å². The summed E-state index contributed by atoms with van der Waals surface area (Å²) in [7, 11) is 0. The molecule has 1 rings (SSSR count). The molecule has 0 aliphatic carbocycles. The highest BCUT2D eigenvalue weighted by atomic mass is 17.2. The number of carbonyl (C=O) groups excluding carboxylic acids is 1. The minimum Gasteiger partial charge on any atom is -0.293 e. The molecule has 1 aromatic carbocycles. The van der Waals surface area contributed by atoms with E-state index in [4.69, 9.17) is 9.78 Å². The van der Waals surface area contributed by atoms with E-state index in [0.717, 1.165) is 32.1 Å². The van der Waals surface area contributed by atoms with Crippen LogP contribution in [0.4, 0.5) is 0 Å². The second-order valence-electron chi connectivity index (χ2n) is 4.16. The van der Waals surface area contributed by atoms with Crippen LogP contribution in [0.2, 0.25) is 0 Å². The lowest BCUT2D eigenvalue weighted by atomic mass is 10.1. The van der Waals surface area contributed by atoms with Crippen molar-refractivity contribution in [3.63, 3.8) is 0 Å². The average molecular weight is 249 g/mol. The lowest BCUT2D eigenvalue weighted by Crippen LogP contribution is -2.07. The smallest absolute Gasteiger partial charge is 0.293 e. The van der Waals surface area contributed by atoms with Gasteiger partial charge < -0.3 is 0 Å². The normalized spacial score (nSPS) is 10.3. The largest absolute Gasteiger partial charge is 0.373 e. The Hall–Kier alpha value is -1.35. The highest BCUT2D eigenvalue weighted by Gasteiger charge is 2.07. The predicted octanol–water partition coefficient (Wildman–Crippen LogP) is 3.73. The van der Waals surface area contributed by atoms with E-state index in [2.05, 4.69) is 13.8 Å². The monoisotopic (exact) mass is 249 g/mol. The van der Waals surface area contributed by atoms with Crippen LogP contribution in [0.3, 0.4) is 0 Å². The zero-order chi connectivity index (χ0) is 13.2. The summed E-state index contributed by atoms with van der Waals surface area (Å²) in [5, 5.41) is 0. The third kappa shape index (κ3) is 5.32. The maximum absolute atomic E-state index is 11.6. The van der Waals surface area contributed by atoms with Crippen LogP contribution < -0.4 is 0 Å². The fourth-order valence-corrected chi connectivity index (χ4v) is 1.53. The number of hydrogen-bond acceptors (Lipinski definition) is 3. The molecule has 0 saturated heterocycles. The van der Waals surface area contributed by atoms with E-state index >= 15 is 0 Å². The number of carbonyl (C=O) groups is 1. The second kappa shape index (κ2) is 8.70. The molecule has 0 unspecified atom stereocenters. The van der Waals surface area contributed by atoms with Crippen LogP contribution in [0.5, 0.6) is 0 Å². The van der Waals surface area contributed by atoms with Crippen LogP contribution in [0, 0.1) is 6.92 Å². The molecule has 0 atom stereocenters. The van der Waals surface area contributed by atoms with Gasteiger partial charge in [-0.1, -0.05) is 45.2 Å². The molecule has 1 radical (unpaired) electrons. The zero-order valence-electron chi connectivity index (χ0n) is 11.0. The van der Waals surface area contributed by atoms with Crippen molar-refractivity contribution in [3.05, 3.63) is 42.3 Å². The second-order valence-corrected chi connectivity index (χ2v) is 4.16. The van der Waals surface area contributed by atoms with Crippen molar-refractivity contribution in [2.45, 2.75) is 39.0 Å². The van der Waals surface area contributed by atoms with Crippen molar-refractivity contribution in [2.24, 2.45) is 0 Å². The highest BCUT2D eigenvalue weighted by Crippen LogP contribution is 2.07. The van der Waals surface area contributed by atoms with Crippen molar-refractivity contribution >= 4 is 5.97 Å². The summed E-state index contributed by atoms with van der Waals surface area (Å²) >= 11 is 0. The molecule has 0 aliphatic rings. The van der Waals surface area contributed by atoms with Gasteiger partial charge in [0.15, 0.2) is 0 Å². The van der Waals surface area contributed by atoms with E-state index in [9.17, 15) is 4.79 Å². The van der Waals surface area contributed by atoms with E-state index in [1.54, 1.807) is 12.1 Å². The molecule has 0 aromatic heterocycles. The number of benzene rings is 1. The Kier molecular flexibility index (Phi) is 7.11. The van der Waals surface area contributed by atoms with Crippen molar-refractivity contribution in [1.82, 2.24) is 0 Å². The fourth-order valence-electron chi connectivity index (χ4n) is 1.53. The van der Waals surface area contributed by atoms with Gasteiger partial charge in [-0.3, -0.25) is 4.89 Å². The first-order chi connectivity index (χ1) is 8.77. The Morgan fingerprint density at radius 3 is 2.50 bits per heavy atom. The highest BCUT2D eigenvalue weighted by molar-refractivity contribution is 5.88. The van der Waals surface area contributed by atoms with E-state index in [1.165, 1.54) is 5.56 Å². The lowest BCUT2D eigenvalue weighted by Gasteiger charge is -2.04. The van der Waals surface area contributed by atoms with Crippen LogP contribution in [0.15, 0.2) is 24.3 Å². The first-order valence-electron chi connectivity index (χ1n) is 6.50. The molecule has 3 nitrogen and oxygen atoms in total. The van der Waals surface area contributed by atoms with E-state index < -0.39 is 5.97 Å². The molecule has 0 heterocycles. The van der Waals surface area contributed by atoms with E-state index in [-0.39, 0.29) is 0 Å². The minimum absolute atomic E-state index is 0.435. The Morgan fingerprint density at radius 1 is 1.17 bits per heavy atom. The Bertz CT molecular complexity index is 343. The maximum Gasteiger partial charge on any atom is 0.373 e. The Labute approximate surface area is 109 Å². The van der Waals surface area contributed by atoms with Crippen molar-refractivity contribution < 1.29 is 14.6 Å². The lowest BCUT2D eigenvalue weighted by molar-refractivity contribution is -0.241. The van der Waals surface area contributed by atoms with Crippen molar-refractivity contribution in [3.8, 4) is 0 Å². The van der Waals surface area contributed by atoms with Gasteiger partial charge in [-0.2, -0.15) is 4.89 Å². The van der Waals surface area contributed by atoms with Crippen LogP contribution in [-0.2, 0) is 16.2 Å². The molecule has 0 N–H and O–H groups in total. The topological polar surface area (TPSA) is 35.5 Å². The molecule has 0 bridgehead atoms. The third-order valence-electron chi connectivity index (χ3n) is 2.71. The quantitative estimate of drug-likeness (QED) is 0.400. The molecule has 3 heteroatoms. The molecule has 99 valence electrons. The minimum atomic E-state index is -0.435. The average Bonchev–Trinajstić information content (AvgIpc) is 2.42. The van der Waals surface area contributed by atoms with Gasteiger partial charge in [0.05, 0.1) is 12.2 Å². The summed E-state index contributed by atoms with van der Waals surface area (Å²) < 4.78 is 0. The number of hydrogen-bond donors (Lipinski definition) is 0. The number of rotatable bonds is 8. The molecule has 0 amide bonds. The van der Waals surface area contributed by atoms with Crippen molar-refractivity contribution in [1.29, 1.82) is 0 Å². The predicted molar refractivity (Wildman–Crippen MR) is 71.0 cm³/mol.